The number of aliphatic hydroxyl groups excluding tert-OH is 1. The SMILES string of the molecule is CSCC[C@H](CO)NC(=O)c1cc(CC(C)C)[nH]n1. The average molecular weight is 285 g/mol. The van der Waals surface area contributed by atoms with Crippen molar-refractivity contribution in [3.8, 4) is 0 Å². The highest BCUT2D eigenvalue weighted by molar-refractivity contribution is 7.98. The third-order valence-corrected chi connectivity index (χ3v) is 3.36. The minimum Gasteiger partial charge on any atom is -0.394 e. The zero-order chi connectivity index (χ0) is 14.3. The molecule has 0 saturated carbocycles. The van der Waals surface area contributed by atoms with E-state index in [0.717, 1.165) is 24.3 Å². The first kappa shape index (κ1) is 16.0. The maximum atomic E-state index is 12.0. The number of carbonyl (C=O) groups excluding carboxylic acids is 1. The predicted molar refractivity (Wildman–Crippen MR) is 78.5 cm³/mol. The van der Waals surface area contributed by atoms with Crippen molar-refractivity contribution in [2.75, 3.05) is 18.6 Å². The monoisotopic (exact) mass is 285 g/mol. The zero-order valence-corrected chi connectivity index (χ0v) is 12.6. The Morgan fingerprint density at radius 2 is 2.32 bits per heavy atom. The first-order valence-corrected chi connectivity index (χ1v) is 7.91. The fraction of sp³-hybridized carbons (Fsp3) is 0.692. The Balaban J connectivity index is 2.54. The van der Waals surface area contributed by atoms with Gasteiger partial charge in [-0.1, -0.05) is 13.8 Å². The lowest BCUT2D eigenvalue weighted by Gasteiger charge is -2.14. The number of thioether (sulfide) groups is 1. The highest BCUT2D eigenvalue weighted by Gasteiger charge is 2.15. The molecule has 1 aromatic heterocycles. The van der Waals surface area contributed by atoms with Crippen LogP contribution in [-0.4, -0.2) is 45.9 Å². The number of rotatable bonds is 8. The van der Waals surface area contributed by atoms with Crippen molar-refractivity contribution in [1.29, 1.82) is 0 Å². The molecule has 1 atom stereocenters. The summed E-state index contributed by atoms with van der Waals surface area (Å²) >= 11 is 1.69. The summed E-state index contributed by atoms with van der Waals surface area (Å²) < 4.78 is 0. The number of nitrogens with zero attached hydrogens (tertiary/aromatic N) is 1. The van der Waals surface area contributed by atoms with Gasteiger partial charge in [0.15, 0.2) is 0 Å². The van der Waals surface area contributed by atoms with Gasteiger partial charge in [0.1, 0.15) is 5.69 Å². The van der Waals surface area contributed by atoms with Gasteiger partial charge < -0.3 is 10.4 Å². The molecule has 6 heteroatoms. The van der Waals surface area contributed by atoms with E-state index in [2.05, 4.69) is 29.4 Å². The molecule has 0 aliphatic carbocycles. The van der Waals surface area contributed by atoms with Crippen molar-refractivity contribution in [2.24, 2.45) is 5.92 Å². The van der Waals surface area contributed by atoms with E-state index in [1.807, 2.05) is 6.26 Å². The molecular formula is C13H23N3O2S. The summed E-state index contributed by atoms with van der Waals surface area (Å²) in [4.78, 5) is 12.0. The molecule has 19 heavy (non-hydrogen) atoms. The summed E-state index contributed by atoms with van der Waals surface area (Å²) in [5, 5.41) is 18.9. The molecule has 3 N–H and O–H groups in total. The lowest BCUT2D eigenvalue weighted by Crippen LogP contribution is -2.38. The Kier molecular flexibility index (Phi) is 6.94. The van der Waals surface area contributed by atoms with Crippen LogP contribution in [0.5, 0.6) is 0 Å². The van der Waals surface area contributed by atoms with Gasteiger partial charge >= 0.3 is 0 Å². The topological polar surface area (TPSA) is 78.0 Å². The summed E-state index contributed by atoms with van der Waals surface area (Å²) in [6.45, 7) is 4.19. The summed E-state index contributed by atoms with van der Waals surface area (Å²) in [7, 11) is 0. The van der Waals surface area contributed by atoms with Crippen molar-refractivity contribution in [2.45, 2.75) is 32.7 Å². The van der Waals surface area contributed by atoms with Crippen molar-refractivity contribution < 1.29 is 9.90 Å². The van der Waals surface area contributed by atoms with Crippen LogP contribution in [0.2, 0.25) is 0 Å². The van der Waals surface area contributed by atoms with Gasteiger partial charge in [0.2, 0.25) is 0 Å². The molecule has 0 aliphatic heterocycles. The smallest absolute Gasteiger partial charge is 0.272 e. The van der Waals surface area contributed by atoms with Crippen LogP contribution in [0.4, 0.5) is 0 Å². The molecule has 1 aromatic rings. The molecule has 0 radical (unpaired) electrons. The van der Waals surface area contributed by atoms with Gasteiger partial charge in [-0.3, -0.25) is 9.89 Å². The maximum absolute atomic E-state index is 12.0. The zero-order valence-electron chi connectivity index (χ0n) is 11.8. The lowest BCUT2D eigenvalue weighted by atomic mass is 10.1. The molecule has 0 aromatic carbocycles. The van der Waals surface area contributed by atoms with Crippen molar-refractivity contribution in [3.05, 3.63) is 17.5 Å². The number of aliphatic hydroxyl groups is 1. The summed E-state index contributed by atoms with van der Waals surface area (Å²) in [5.74, 6) is 1.19. The highest BCUT2D eigenvalue weighted by Crippen LogP contribution is 2.07. The molecule has 0 fully saturated rings. The number of nitrogens with one attached hydrogen (secondary N) is 2. The van der Waals surface area contributed by atoms with Crippen LogP contribution >= 0.6 is 11.8 Å². The van der Waals surface area contributed by atoms with Crippen molar-refractivity contribution in [1.82, 2.24) is 15.5 Å². The van der Waals surface area contributed by atoms with Gasteiger partial charge in [-0.2, -0.15) is 16.9 Å². The third-order valence-electron chi connectivity index (χ3n) is 2.72. The number of aromatic amines is 1. The molecular weight excluding hydrogens is 262 g/mol. The second kappa shape index (κ2) is 8.22. The van der Waals surface area contributed by atoms with Crippen LogP contribution in [-0.2, 0) is 6.42 Å². The van der Waals surface area contributed by atoms with Crippen LogP contribution in [0.25, 0.3) is 0 Å². The van der Waals surface area contributed by atoms with E-state index in [0.29, 0.717) is 11.6 Å². The minimum absolute atomic E-state index is 0.0461. The summed E-state index contributed by atoms with van der Waals surface area (Å²) in [6, 6.07) is 1.57. The molecule has 1 rings (SSSR count). The van der Waals surface area contributed by atoms with Crippen LogP contribution in [0.3, 0.4) is 0 Å². The molecule has 1 heterocycles. The number of carbonyl (C=O) groups is 1. The first-order chi connectivity index (χ1) is 9.06. The fourth-order valence-electron chi connectivity index (χ4n) is 1.75. The van der Waals surface area contributed by atoms with Gasteiger partial charge in [-0.25, -0.2) is 0 Å². The van der Waals surface area contributed by atoms with Crippen LogP contribution in [0, 0.1) is 5.92 Å². The normalized spacial score (nSPS) is 12.7. The van der Waals surface area contributed by atoms with Gasteiger partial charge in [0.05, 0.1) is 12.6 Å². The molecule has 0 aliphatic rings. The van der Waals surface area contributed by atoms with E-state index in [9.17, 15) is 9.90 Å². The lowest BCUT2D eigenvalue weighted by molar-refractivity contribution is 0.0910. The van der Waals surface area contributed by atoms with E-state index in [4.69, 9.17) is 0 Å². The van der Waals surface area contributed by atoms with Crippen molar-refractivity contribution >= 4 is 17.7 Å². The Labute approximate surface area is 118 Å². The molecule has 108 valence electrons. The van der Waals surface area contributed by atoms with Crippen LogP contribution < -0.4 is 5.32 Å². The second-order valence-corrected chi connectivity index (χ2v) is 6.00. The van der Waals surface area contributed by atoms with Crippen LogP contribution in [0.15, 0.2) is 6.07 Å². The third kappa shape index (κ3) is 5.65. The Hall–Kier alpha value is -1.01. The Morgan fingerprint density at radius 3 is 2.89 bits per heavy atom. The molecule has 1 amide bonds. The standard InChI is InChI=1S/C13H23N3O2S/c1-9(2)6-11-7-12(16-15-11)13(18)14-10(8-17)4-5-19-3/h7,9-10,17H,4-6,8H2,1-3H3,(H,14,18)(H,15,16)/t10-/m1/s1. The highest BCUT2D eigenvalue weighted by atomic mass is 32.2. The fourth-order valence-corrected chi connectivity index (χ4v) is 2.27. The van der Waals surface area contributed by atoms with Crippen LogP contribution in [0.1, 0.15) is 36.5 Å². The summed E-state index contributed by atoms with van der Waals surface area (Å²) in [6.07, 6.45) is 3.63. The predicted octanol–water partition coefficient (Wildman–Crippen LogP) is 1.45. The van der Waals surface area contributed by atoms with E-state index in [1.54, 1.807) is 17.8 Å². The van der Waals surface area contributed by atoms with Gasteiger partial charge in [-0.15, -0.1) is 0 Å². The summed E-state index contributed by atoms with van der Waals surface area (Å²) in [5.41, 5.74) is 1.35. The average Bonchev–Trinajstić information content (AvgIpc) is 2.81. The van der Waals surface area contributed by atoms with Gasteiger partial charge in [-0.05, 0) is 36.8 Å². The second-order valence-electron chi connectivity index (χ2n) is 5.01. The van der Waals surface area contributed by atoms with E-state index >= 15 is 0 Å². The number of hydrogen-bond donors (Lipinski definition) is 3. The van der Waals surface area contributed by atoms with E-state index in [1.165, 1.54) is 0 Å². The minimum atomic E-state index is -0.230. The number of aromatic nitrogens is 2. The first-order valence-electron chi connectivity index (χ1n) is 6.51. The molecule has 5 nitrogen and oxygen atoms in total. The largest absolute Gasteiger partial charge is 0.394 e. The van der Waals surface area contributed by atoms with Gasteiger partial charge in [0, 0.05) is 5.69 Å². The number of H-pyrrole nitrogens is 1. The van der Waals surface area contributed by atoms with Crippen molar-refractivity contribution in [3.63, 3.8) is 0 Å². The molecule has 0 saturated heterocycles. The Bertz CT molecular complexity index is 393. The number of hydrogen-bond acceptors (Lipinski definition) is 4. The van der Waals surface area contributed by atoms with E-state index in [-0.39, 0.29) is 18.6 Å². The van der Waals surface area contributed by atoms with E-state index < -0.39 is 0 Å². The quantitative estimate of drug-likeness (QED) is 0.675. The molecule has 0 bridgehead atoms. The Morgan fingerprint density at radius 1 is 1.58 bits per heavy atom. The molecule has 0 unspecified atom stereocenters. The maximum Gasteiger partial charge on any atom is 0.272 e. The number of amides is 1. The van der Waals surface area contributed by atoms with Gasteiger partial charge in [0.25, 0.3) is 5.91 Å². The molecule has 0 spiro atoms.